The zero-order valence-corrected chi connectivity index (χ0v) is 9.40. The van der Waals surface area contributed by atoms with E-state index >= 15 is 0 Å². The molecule has 0 heterocycles. The third kappa shape index (κ3) is 4.21. The Labute approximate surface area is 95.2 Å². The van der Waals surface area contributed by atoms with Crippen LogP contribution >= 0.6 is 0 Å². The summed E-state index contributed by atoms with van der Waals surface area (Å²) in [4.78, 5) is 10.3. The molecule has 1 rings (SSSR count). The van der Waals surface area contributed by atoms with Crippen molar-refractivity contribution in [2.24, 2.45) is 0 Å². The zero-order chi connectivity index (χ0) is 11.8. The fraction of sp³-hybridized carbons (Fsp3) is 0.417. The summed E-state index contributed by atoms with van der Waals surface area (Å²) in [7, 11) is 1.63. The monoisotopic (exact) mass is 223 g/mol. The maximum absolute atomic E-state index is 10.3. The van der Waals surface area contributed by atoms with Crippen LogP contribution in [0.2, 0.25) is 0 Å². The second-order valence-corrected chi connectivity index (χ2v) is 3.48. The number of ether oxygens (including phenoxy) is 1. The minimum Gasteiger partial charge on any atom is -0.495 e. The maximum atomic E-state index is 10.3. The molecule has 0 aromatic heterocycles. The molecule has 1 aromatic rings. The first kappa shape index (κ1) is 12.4. The molecule has 0 aliphatic carbocycles. The standard InChI is InChI=1S/C12H17NO3/c1-16-11-7-3-2-6-10(11)13-9-5-4-8-12(14)15/h2-3,6-7,13H,4-5,8-9H2,1H3,(H,14,15). The number of para-hydroxylation sites is 2. The molecule has 0 atom stereocenters. The van der Waals surface area contributed by atoms with E-state index in [0.29, 0.717) is 6.42 Å². The summed E-state index contributed by atoms with van der Waals surface area (Å²) >= 11 is 0. The van der Waals surface area contributed by atoms with E-state index < -0.39 is 5.97 Å². The summed E-state index contributed by atoms with van der Waals surface area (Å²) in [5.74, 6) is 0.0676. The van der Waals surface area contributed by atoms with E-state index in [1.54, 1.807) is 7.11 Å². The van der Waals surface area contributed by atoms with E-state index in [2.05, 4.69) is 5.32 Å². The van der Waals surface area contributed by atoms with E-state index in [1.165, 1.54) is 0 Å². The van der Waals surface area contributed by atoms with Crippen molar-refractivity contribution in [3.63, 3.8) is 0 Å². The number of aliphatic carboxylic acids is 1. The Bertz CT molecular complexity index is 339. The van der Waals surface area contributed by atoms with Crippen molar-refractivity contribution < 1.29 is 14.6 Å². The second-order valence-electron chi connectivity index (χ2n) is 3.48. The average Bonchev–Trinajstić information content (AvgIpc) is 2.29. The molecule has 0 unspecified atom stereocenters. The highest BCUT2D eigenvalue weighted by atomic mass is 16.5. The van der Waals surface area contributed by atoms with E-state index in [1.807, 2.05) is 24.3 Å². The van der Waals surface area contributed by atoms with Gasteiger partial charge in [-0.2, -0.15) is 0 Å². The van der Waals surface area contributed by atoms with Crippen LogP contribution < -0.4 is 10.1 Å². The van der Waals surface area contributed by atoms with Crippen LogP contribution in [0.1, 0.15) is 19.3 Å². The third-order valence-electron chi connectivity index (χ3n) is 2.24. The number of carbonyl (C=O) groups is 1. The fourth-order valence-electron chi connectivity index (χ4n) is 1.41. The molecule has 0 bridgehead atoms. The number of carboxylic acids is 1. The van der Waals surface area contributed by atoms with Gasteiger partial charge in [0.15, 0.2) is 0 Å². The number of hydrogen-bond acceptors (Lipinski definition) is 3. The van der Waals surface area contributed by atoms with Crippen molar-refractivity contribution in [1.29, 1.82) is 0 Å². The molecule has 0 saturated heterocycles. The van der Waals surface area contributed by atoms with Crippen molar-refractivity contribution in [1.82, 2.24) is 0 Å². The minimum absolute atomic E-state index is 0.230. The fourth-order valence-corrected chi connectivity index (χ4v) is 1.41. The largest absolute Gasteiger partial charge is 0.495 e. The molecule has 2 N–H and O–H groups in total. The van der Waals surface area contributed by atoms with Crippen molar-refractivity contribution in [2.75, 3.05) is 19.0 Å². The number of benzene rings is 1. The quantitative estimate of drug-likeness (QED) is 0.697. The first-order chi connectivity index (χ1) is 7.74. The second kappa shape index (κ2) is 6.71. The topological polar surface area (TPSA) is 58.6 Å². The summed E-state index contributed by atoms with van der Waals surface area (Å²) < 4.78 is 5.18. The summed E-state index contributed by atoms with van der Waals surface area (Å²) in [6.07, 6.45) is 1.76. The number of rotatable bonds is 7. The molecule has 4 nitrogen and oxygen atoms in total. The van der Waals surface area contributed by atoms with Gasteiger partial charge in [0, 0.05) is 13.0 Å². The molecule has 16 heavy (non-hydrogen) atoms. The van der Waals surface area contributed by atoms with E-state index in [0.717, 1.165) is 24.4 Å². The van der Waals surface area contributed by atoms with Gasteiger partial charge < -0.3 is 15.2 Å². The number of carboxylic acid groups (broad SMARTS) is 1. The smallest absolute Gasteiger partial charge is 0.303 e. The number of unbranched alkanes of at least 4 members (excludes halogenated alkanes) is 1. The lowest BCUT2D eigenvalue weighted by Crippen LogP contribution is -2.04. The Morgan fingerprint density at radius 3 is 2.81 bits per heavy atom. The predicted molar refractivity (Wildman–Crippen MR) is 63.0 cm³/mol. The summed E-state index contributed by atoms with van der Waals surface area (Å²) in [5.41, 5.74) is 0.945. The van der Waals surface area contributed by atoms with Gasteiger partial charge in [-0.3, -0.25) is 4.79 Å². The van der Waals surface area contributed by atoms with Crippen LogP contribution in [-0.2, 0) is 4.79 Å². The van der Waals surface area contributed by atoms with E-state index in [-0.39, 0.29) is 6.42 Å². The third-order valence-corrected chi connectivity index (χ3v) is 2.24. The van der Waals surface area contributed by atoms with Crippen molar-refractivity contribution in [3.8, 4) is 5.75 Å². The van der Waals surface area contributed by atoms with Crippen LogP contribution in [0, 0.1) is 0 Å². The van der Waals surface area contributed by atoms with Crippen molar-refractivity contribution in [2.45, 2.75) is 19.3 Å². The van der Waals surface area contributed by atoms with Crippen molar-refractivity contribution in [3.05, 3.63) is 24.3 Å². The molecule has 1 aromatic carbocycles. The lowest BCUT2D eigenvalue weighted by Gasteiger charge is -2.10. The van der Waals surface area contributed by atoms with Crippen molar-refractivity contribution >= 4 is 11.7 Å². The summed E-state index contributed by atoms with van der Waals surface area (Å²) in [6.45, 7) is 0.758. The Morgan fingerprint density at radius 1 is 1.38 bits per heavy atom. The van der Waals surface area contributed by atoms with Gasteiger partial charge in [-0.15, -0.1) is 0 Å². The Balaban J connectivity index is 2.28. The van der Waals surface area contributed by atoms with E-state index in [9.17, 15) is 4.79 Å². The highest BCUT2D eigenvalue weighted by Gasteiger charge is 2.00. The highest BCUT2D eigenvalue weighted by molar-refractivity contribution is 5.66. The predicted octanol–water partition coefficient (Wildman–Crippen LogP) is 2.36. The summed E-state index contributed by atoms with van der Waals surface area (Å²) in [6, 6.07) is 7.67. The molecule has 4 heteroatoms. The number of hydrogen-bond donors (Lipinski definition) is 2. The number of methoxy groups -OCH3 is 1. The van der Waals surface area contributed by atoms with Crippen LogP contribution in [0.25, 0.3) is 0 Å². The molecule has 0 amide bonds. The molecule has 0 saturated carbocycles. The molecule has 88 valence electrons. The Kier molecular flexibility index (Phi) is 5.19. The highest BCUT2D eigenvalue weighted by Crippen LogP contribution is 2.22. The van der Waals surface area contributed by atoms with E-state index in [4.69, 9.17) is 9.84 Å². The lowest BCUT2D eigenvalue weighted by molar-refractivity contribution is -0.137. The molecular formula is C12H17NO3. The van der Waals surface area contributed by atoms with Crippen LogP contribution in [0.3, 0.4) is 0 Å². The van der Waals surface area contributed by atoms with Gasteiger partial charge in [-0.1, -0.05) is 12.1 Å². The van der Waals surface area contributed by atoms with Crippen LogP contribution in [0.15, 0.2) is 24.3 Å². The number of anilines is 1. The Hall–Kier alpha value is -1.71. The minimum atomic E-state index is -0.739. The normalized spacial score (nSPS) is 9.81. The molecule has 0 fully saturated rings. The molecule has 0 radical (unpaired) electrons. The van der Waals surface area contributed by atoms with Gasteiger partial charge >= 0.3 is 5.97 Å². The zero-order valence-electron chi connectivity index (χ0n) is 9.40. The van der Waals surface area contributed by atoms with Gasteiger partial charge in [0.2, 0.25) is 0 Å². The molecule has 0 aliphatic rings. The van der Waals surface area contributed by atoms with Gasteiger partial charge in [0.05, 0.1) is 12.8 Å². The average molecular weight is 223 g/mol. The molecule has 0 spiro atoms. The van der Waals surface area contributed by atoms with Gasteiger partial charge in [-0.05, 0) is 25.0 Å². The molecule has 0 aliphatic heterocycles. The van der Waals surface area contributed by atoms with Crippen LogP contribution in [0.5, 0.6) is 5.75 Å². The summed E-state index contributed by atoms with van der Waals surface area (Å²) in [5, 5.41) is 11.7. The molecular weight excluding hydrogens is 206 g/mol. The van der Waals surface area contributed by atoms with Gasteiger partial charge in [0.25, 0.3) is 0 Å². The Morgan fingerprint density at radius 2 is 2.12 bits per heavy atom. The first-order valence-corrected chi connectivity index (χ1v) is 5.32. The van der Waals surface area contributed by atoms with Crippen LogP contribution in [-0.4, -0.2) is 24.7 Å². The SMILES string of the molecule is COc1ccccc1NCCCCC(=O)O. The lowest BCUT2D eigenvalue weighted by atomic mass is 10.2. The van der Waals surface area contributed by atoms with Crippen LogP contribution in [0.4, 0.5) is 5.69 Å². The maximum Gasteiger partial charge on any atom is 0.303 e. The van der Waals surface area contributed by atoms with Gasteiger partial charge in [-0.25, -0.2) is 0 Å². The van der Waals surface area contributed by atoms with Gasteiger partial charge in [0.1, 0.15) is 5.75 Å². The number of nitrogens with one attached hydrogen (secondary N) is 1. The first-order valence-electron chi connectivity index (χ1n) is 5.32.